The fourth-order valence-corrected chi connectivity index (χ4v) is 5.06. The zero-order valence-electron chi connectivity index (χ0n) is 30.6. The number of aliphatic hydroxyl groups is 2. The number of para-hydroxylation sites is 2. The van der Waals surface area contributed by atoms with E-state index in [9.17, 15) is 0 Å². The van der Waals surface area contributed by atoms with Gasteiger partial charge in [-0.15, -0.1) is 35.9 Å². The number of aliphatic hydroxyl groups excluding tert-OH is 2. The number of aromatic nitrogens is 6. The molecule has 6 rings (SSSR count). The minimum Gasteiger partial charge on any atom is -0.393 e. The van der Waals surface area contributed by atoms with Crippen LogP contribution in [0.3, 0.4) is 0 Å². The second-order valence-electron chi connectivity index (χ2n) is 12.9. The third kappa shape index (κ3) is 13.9. The molecule has 2 aromatic heterocycles. The minimum absolute atomic E-state index is 0. The molecule has 0 saturated carbocycles. The van der Waals surface area contributed by atoms with Crippen molar-refractivity contribution >= 4 is 0 Å². The Bertz CT molecular complexity index is 1750. The molecule has 6 aromatic rings. The molecule has 0 aliphatic rings. The van der Waals surface area contributed by atoms with Gasteiger partial charge in [0.25, 0.3) is 0 Å². The number of aryl methyl sites for hydroxylation is 2. The second kappa shape index (κ2) is 23.9. The maximum absolute atomic E-state index is 8.56. The van der Waals surface area contributed by atoms with Gasteiger partial charge in [0.1, 0.15) is 5.82 Å². The van der Waals surface area contributed by atoms with Crippen molar-refractivity contribution < 1.29 is 50.4 Å². The summed E-state index contributed by atoms with van der Waals surface area (Å²) >= 11 is 0. The number of hydrogen-bond acceptors (Lipinski definition) is 6. The Labute approximate surface area is 344 Å². The molecule has 0 aliphatic carbocycles. The van der Waals surface area contributed by atoms with Crippen molar-refractivity contribution in [3.8, 4) is 34.2 Å². The molecule has 0 saturated heterocycles. The molecule has 8 nitrogen and oxygen atoms in total. The van der Waals surface area contributed by atoms with Gasteiger partial charge >= 0.3 is 0 Å². The topological polar surface area (TPSA) is 102 Å². The van der Waals surface area contributed by atoms with E-state index in [1.54, 1.807) is 13.8 Å². The Balaban J connectivity index is 0.000000815. The Morgan fingerprint density at radius 3 is 1.38 bits per heavy atom. The molecule has 2 radical (unpaired) electrons. The molecule has 0 spiro atoms. The Morgan fingerprint density at radius 2 is 0.981 bits per heavy atom. The van der Waals surface area contributed by atoms with E-state index in [4.69, 9.17) is 30.4 Å². The summed E-state index contributed by atoms with van der Waals surface area (Å²) in [6.07, 6.45) is -0.278. The zero-order chi connectivity index (χ0) is 35.5. The van der Waals surface area contributed by atoms with Crippen LogP contribution in [0.1, 0.15) is 97.4 Å². The standard InChI is InChI=1S/C18H19N3.C18H18N3.C5H12O2.2CH4.2Ir/c2*1-13(2)17-19-18(15-10-5-4-6-11-15)21(20-17)16-12-8-7-9-14(16)3;1-4(6)3-5(2)7;;;;/h4-13H,1-3H3;4-10,12-13H,1-3H3;4-7H,3H2,1-2H3;2*1H4;;/q;-1;;;;;. The Morgan fingerprint density at radius 1 is 0.566 bits per heavy atom. The minimum atomic E-state index is -0.375. The van der Waals surface area contributed by atoms with Crippen LogP contribution < -0.4 is 0 Å². The van der Waals surface area contributed by atoms with Gasteiger partial charge in [0.05, 0.1) is 29.4 Å². The zero-order valence-corrected chi connectivity index (χ0v) is 35.4. The monoisotopic (exact) mass is 1080 g/mol. The summed E-state index contributed by atoms with van der Waals surface area (Å²) in [5.41, 5.74) is 6.55. The van der Waals surface area contributed by atoms with Crippen LogP contribution in [-0.2, 0) is 40.2 Å². The van der Waals surface area contributed by atoms with Gasteiger partial charge in [-0.1, -0.05) is 109 Å². The predicted molar refractivity (Wildman–Crippen MR) is 212 cm³/mol. The van der Waals surface area contributed by atoms with Crippen molar-refractivity contribution in [3.63, 3.8) is 0 Å². The first kappa shape index (κ1) is 49.4. The van der Waals surface area contributed by atoms with Gasteiger partial charge in [-0.3, -0.25) is 9.67 Å². The summed E-state index contributed by atoms with van der Waals surface area (Å²) < 4.78 is 3.89. The van der Waals surface area contributed by atoms with Crippen LogP contribution in [0.2, 0.25) is 0 Å². The SMILES string of the molecule is C.C.CC(O)CC(C)O.Cc1ccccc1-n1nc(C(C)C)nc1-c1[c-]cccc1.Cc1ccccc1-n1nc(C(C)C)nc1-c1ccccc1.[Ir].[Ir]. The fraction of sp³-hybridized carbons (Fsp3) is 0.349. The second-order valence-corrected chi connectivity index (χ2v) is 12.9. The molecule has 4 aromatic carbocycles. The first-order chi connectivity index (χ1) is 23.5. The summed E-state index contributed by atoms with van der Waals surface area (Å²) in [6.45, 7) is 16.0. The molecule has 2 unspecified atom stereocenters. The largest absolute Gasteiger partial charge is 0.393 e. The van der Waals surface area contributed by atoms with Crippen LogP contribution in [0.5, 0.6) is 0 Å². The molecular weight excluding hydrogens is 1020 g/mol. The van der Waals surface area contributed by atoms with Gasteiger partial charge in [-0.2, -0.15) is 10.2 Å². The summed E-state index contributed by atoms with van der Waals surface area (Å²) in [5, 5.41) is 26.6. The summed E-state index contributed by atoms with van der Waals surface area (Å²) in [4.78, 5) is 9.47. The van der Waals surface area contributed by atoms with Crippen molar-refractivity contribution in [2.24, 2.45) is 0 Å². The number of benzene rings is 4. The van der Waals surface area contributed by atoms with E-state index >= 15 is 0 Å². The molecule has 290 valence electrons. The molecule has 2 atom stereocenters. The smallest absolute Gasteiger partial charge is 0.163 e. The summed E-state index contributed by atoms with van der Waals surface area (Å²) in [5.74, 6) is 4.06. The van der Waals surface area contributed by atoms with Crippen LogP contribution in [0.4, 0.5) is 0 Å². The molecule has 0 aliphatic heterocycles. The van der Waals surface area contributed by atoms with Crippen molar-refractivity contribution in [2.75, 3.05) is 0 Å². The average molecular weight is 1070 g/mol. The van der Waals surface area contributed by atoms with Crippen LogP contribution in [0.15, 0.2) is 103 Å². The van der Waals surface area contributed by atoms with Crippen molar-refractivity contribution in [1.82, 2.24) is 29.5 Å². The first-order valence-corrected chi connectivity index (χ1v) is 16.9. The van der Waals surface area contributed by atoms with Crippen LogP contribution in [0, 0.1) is 19.9 Å². The molecule has 2 N–H and O–H groups in total. The number of hydrogen-bond donors (Lipinski definition) is 2. The molecule has 0 bridgehead atoms. The van der Waals surface area contributed by atoms with Crippen LogP contribution in [-0.4, -0.2) is 51.9 Å². The summed E-state index contributed by atoms with van der Waals surface area (Å²) in [6, 6.07) is 37.8. The molecule has 0 fully saturated rings. The maximum Gasteiger partial charge on any atom is 0.163 e. The van der Waals surface area contributed by atoms with E-state index in [0.717, 1.165) is 45.8 Å². The quantitative estimate of drug-likeness (QED) is 0.147. The van der Waals surface area contributed by atoms with Gasteiger partial charge < -0.3 is 10.2 Å². The molecular formula is C43H57Ir2N6O2-. The van der Waals surface area contributed by atoms with Gasteiger partial charge in [0.2, 0.25) is 0 Å². The molecule has 10 heteroatoms. The van der Waals surface area contributed by atoms with E-state index < -0.39 is 0 Å². The normalized spacial score (nSPS) is 11.2. The third-order valence-electron chi connectivity index (χ3n) is 7.63. The van der Waals surface area contributed by atoms with E-state index in [1.165, 1.54) is 11.1 Å². The van der Waals surface area contributed by atoms with E-state index in [2.05, 4.69) is 84.0 Å². The van der Waals surface area contributed by atoms with Crippen LogP contribution >= 0.6 is 0 Å². The van der Waals surface area contributed by atoms with Gasteiger partial charge in [-0.25, -0.2) is 9.67 Å². The molecule has 2 heterocycles. The maximum atomic E-state index is 8.56. The molecule has 0 amide bonds. The van der Waals surface area contributed by atoms with Crippen molar-refractivity contribution in [2.45, 2.75) is 101 Å². The van der Waals surface area contributed by atoms with Gasteiger partial charge in [-0.05, 0) is 57.4 Å². The van der Waals surface area contributed by atoms with E-state index in [-0.39, 0.29) is 73.2 Å². The van der Waals surface area contributed by atoms with Crippen LogP contribution in [0.25, 0.3) is 34.2 Å². The van der Waals surface area contributed by atoms with Crippen molar-refractivity contribution in [3.05, 3.63) is 132 Å². The number of nitrogens with zero attached hydrogens (tertiary/aromatic N) is 6. The van der Waals surface area contributed by atoms with E-state index in [1.807, 2.05) is 76.1 Å². The Hall–Kier alpha value is -3.62. The van der Waals surface area contributed by atoms with E-state index in [0.29, 0.717) is 12.3 Å². The average Bonchev–Trinajstić information content (AvgIpc) is 3.73. The third-order valence-corrected chi connectivity index (χ3v) is 7.63. The number of rotatable bonds is 8. The fourth-order valence-electron chi connectivity index (χ4n) is 5.06. The first-order valence-electron chi connectivity index (χ1n) is 16.9. The van der Waals surface area contributed by atoms with Gasteiger partial charge in [0.15, 0.2) is 11.6 Å². The van der Waals surface area contributed by atoms with Crippen molar-refractivity contribution in [1.29, 1.82) is 0 Å². The molecule has 53 heavy (non-hydrogen) atoms. The van der Waals surface area contributed by atoms with Gasteiger partial charge in [0, 0.05) is 57.6 Å². The summed E-state index contributed by atoms with van der Waals surface area (Å²) in [7, 11) is 0. The predicted octanol–water partition coefficient (Wildman–Crippen LogP) is 9.94. The Kier molecular flexibility index (Phi) is 22.3.